The molecule has 0 saturated heterocycles. The molecule has 0 unspecified atom stereocenters. The van der Waals surface area contributed by atoms with Crippen LogP contribution in [0.4, 0.5) is 5.69 Å². The summed E-state index contributed by atoms with van der Waals surface area (Å²) in [5, 5.41) is 5.46. The van der Waals surface area contributed by atoms with E-state index in [1.807, 2.05) is 38.1 Å². The van der Waals surface area contributed by atoms with Crippen LogP contribution in [0.15, 0.2) is 42.5 Å². The van der Waals surface area contributed by atoms with E-state index in [0.29, 0.717) is 48.8 Å². The minimum absolute atomic E-state index is 0.117. The standard InChI is InChI=1S/C21H26N2O4/c1-4-26-18-11-5-6-12-19(18)27-14-8-13-20(24)23-17-10-7-9-16(15(17)2)21(25)22-3/h5-7,9-12H,4,8,13-14H2,1-3H3,(H,22,25)(H,23,24). The Bertz CT molecular complexity index is 790. The van der Waals surface area contributed by atoms with Crippen molar-refractivity contribution in [2.24, 2.45) is 0 Å². The van der Waals surface area contributed by atoms with Gasteiger partial charge in [-0.2, -0.15) is 0 Å². The summed E-state index contributed by atoms with van der Waals surface area (Å²) in [4.78, 5) is 24.0. The summed E-state index contributed by atoms with van der Waals surface area (Å²) in [5.41, 5.74) is 1.93. The third kappa shape index (κ3) is 5.74. The summed E-state index contributed by atoms with van der Waals surface area (Å²) < 4.78 is 11.2. The Morgan fingerprint density at radius 1 is 1.00 bits per heavy atom. The molecule has 0 fully saturated rings. The van der Waals surface area contributed by atoms with Crippen LogP contribution in [0.2, 0.25) is 0 Å². The number of ether oxygens (including phenoxy) is 2. The molecule has 6 heteroatoms. The minimum atomic E-state index is -0.176. The molecular weight excluding hydrogens is 344 g/mol. The first-order valence-electron chi connectivity index (χ1n) is 9.03. The fraction of sp³-hybridized carbons (Fsp3) is 0.333. The molecule has 0 aromatic heterocycles. The van der Waals surface area contributed by atoms with Crippen molar-refractivity contribution < 1.29 is 19.1 Å². The van der Waals surface area contributed by atoms with Gasteiger partial charge >= 0.3 is 0 Å². The summed E-state index contributed by atoms with van der Waals surface area (Å²) in [7, 11) is 1.58. The molecule has 0 radical (unpaired) electrons. The zero-order chi connectivity index (χ0) is 19.6. The van der Waals surface area contributed by atoms with Crippen LogP contribution in [0.5, 0.6) is 11.5 Å². The number of hydrogen-bond acceptors (Lipinski definition) is 4. The molecule has 0 aliphatic heterocycles. The van der Waals surface area contributed by atoms with Gasteiger partial charge in [-0.15, -0.1) is 0 Å². The molecule has 2 aromatic rings. The summed E-state index contributed by atoms with van der Waals surface area (Å²) in [5.74, 6) is 1.08. The number of hydrogen-bond donors (Lipinski definition) is 2. The van der Waals surface area contributed by atoms with Crippen molar-refractivity contribution in [3.05, 3.63) is 53.6 Å². The van der Waals surface area contributed by atoms with Crippen molar-refractivity contribution in [3.8, 4) is 11.5 Å². The number of carbonyl (C=O) groups excluding carboxylic acids is 2. The van der Waals surface area contributed by atoms with Crippen molar-refractivity contribution in [2.75, 3.05) is 25.6 Å². The first kappa shape index (κ1) is 20.3. The maximum atomic E-state index is 12.2. The van der Waals surface area contributed by atoms with E-state index < -0.39 is 0 Å². The van der Waals surface area contributed by atoms with E-state index in [4.69, 9.17) is 9.47 Å². The average Bonchev–Trinajstić information content (AvgIpc) is 2.67. The van der Waals surface area contributed by atoms with Crippen LogP contribution >= 0.6 is 0 Å². The molecule has 0 heterocycles. The first-order valence-corrected chi connectivity index (χ1v) is 9.03. The Kier molecular flexibility index (Phi) is 7.67. The third-order valence-electron chi connectivity index (χ3n) is 4.03. The zero-order valence-electron chi connectivity index (χ0n) is 16.0. The highest BCUT2D eigenvalue weighted by atomic mass is 16.5. The predicted molar refractivity (Wildman–Crippen MR) is 106 cm³/mol. The Morgan fingerprint density at radius 3 is 2.37 bits per heavy atom. The van der Waals surface area contributed by atoms with Gasteiger partial charge in [0.2, 0.25) is 5.91 Å². The summed E-state index contributed by atoms with van der Waals surface area (Å²) in [6.07, 6.45) is 0.890. The number of rotatable bonds is 9. The maximum Gasteiger partial charge on any atom is 0.251 e. The van der Waals surface area contributed by atoms with Crippen molar-refractivity contribution in [1.82, 2.24) is 5.32 Å². The number of carbonyl (C=O) groups is 2. The van der Waals surface area contributed by atoms with Crippen molar-refractivity contribution in [2.45, 2.75) is 26.7 Å². The lowest BCUT2D eigenvalue weighted by Gasteiger charge is -2.13. The number of amides is 2. The average molecular weight is 370 g/mol. The first-order chi connectivity index (χ1) is 13.1. The van der Waals surface area contributed by atoms with E-state index in [0.717, 1.165) is 5.56 Å². The van der Waals surface area contributed by atoms with Gasteiger partial charge in [-0.3, -0.25) is 9.59 Å². The van der Waals surface area contributed by atoms with Crippen LogP contribution in [-0.4, -0.2) is 32.1 Å². The molecule has 0 aliphatic rings. The van der Waals surface area contributed by atoms with E-state index in [1.54, 1.807) is 25.2 Å². The van der Waals surface area contributed by atoms with Gasteiger partial charge in [0.25, 0.3) is 5.91 Å². The number of anilines is 1. The quantitative estimate of drug-likeness (QED) is 0.662. The van der Waals surface area contributed by atoms with Gasteiger partial charge in [0.1, 0.15) is 0 Å². The fourth-order valence-corrected chi connectivity index (χ4v) is 2.62. The molecule has 6 nitrogen and oxygen atoms in total. The van der Waals surface area contributed by atoms with Gasteiger partial charge in [0.15, 0.2) is 11.5 Å². The second-order valence-corrected chi connectivity index (χ2v) is 5.94. The Morgan fingerprint density at radius 2 is 1.70 bits per heavy atom. The highest BCUT2D eigenvalue weighted by molar-refractivity contribution is 5.99. The lowest BCUT2D eigenvalue weighted by Crippen LogP contribution is -2.20. The van der Waals surface area contributed by atoms with Gasteiger partial charge in [-0.1, -0.05) is 18.2 Å². The fourth-order valence-electron chi connectivity index (χ4n) is 2.62. The Balaban J connectivity index is 1.85. The second-order valence-electron chi connectivity index (χ2n) is 5.94. The molecule has 0 saturated carbocycles. The maximum absolute atomic E-state index is 12.2. The van der Waals surface area contributed by atoms with Crippen molar-refractivity contribution in [3.63, 3.8) is 0 Å². The van der Waals surface area contributed by atoms with Gasteiger partial charge < -0.3 is 20.1 Å². The SMILES string of the molecule is CCOc1ccccc1OCCCC(=O)Nc1cccc(C(=O)NC)c1C. The van der Waals surface area contributed by atoms with Crippen LogP contribution < -0.4 is 20.1 Å². The zero-order valence-corrected chi connectivity index (χ0v) is 16.0. The van der Waals surface area contributed by atoms with Crippen LogP contribution in [0.25, 0.3) is 0 Å². The Hall–Kier alpha value is -3.02. The minimum Gasteiger partial charge on any atom is -0.490 e. The van der Waals surface area contributed by atoms with Gasteiger partial charge in [-0.05, 0) is 50.1 Å². The number of nitrogens with one attached hydrogen (secondary N) is 2. The highest BCUT2D eigenvalue weighted by Gasteiger charge is 2.12. The van der Waals surface area contributed by atoms with Crippen molar-refractivity contribution >= 4 is 17.5 Å². The molecule has 0 bridgehead atoms. The normalized spacial score (nSPS) is 10.2. The van der Waals surface area contributed by atoms with E-state index >= 15 is 0 Å². The van der Waals surface area contributed by atoms with E-state index in [9.17, 15) is 9.59 Å². The smallest absolute Gasteiger partial charge is 0.251 e. The molecule has 0 aliphatic carbocycles. The van der Waals surface area contributed by atoms with Crippen molar-refractivity contribution in [1.29, 1.82) is 0 Å². The van der Waals surface area contributed by atoms with E-state index in [2.05, 4.69) is 10.6 Å². The third-order valence-corrected chi connectivity index (χ3v) is 4.03. The molecule has 144 valence electrons. The molecule has 2 N–H and O–H groups in total. The largest absolute Gasteiger partial charge is 0.490 e. The molecule has 0 spiro atoms. The molecule has 2 amide bonds. The van der Waals surface area contributed by atoms with Crippen LogP contribution in [0.3, 0.4) is 0 Å². The monoisotopic (exact) mass is 370 g/mol. The molecule has 2 rings (SSSR count). The van der Waals surface area contributed by atoms with Crippen LogP contribution in [-0.2, 0) is 4.79 Å². The van der Waals surface area contributed by atoms with E-state index in [-0.39, 0.29) is 11.8 Å². The highest BCUT2D eigenvalue weighted by Crippen LogP contribution is 2.26. The van der Waals surface area contributed by atoms with E-state index in [1.165, 1.54) is 0 Å². The van der Waals surface area contributed by atoms with Gasteiger partial charge in [0.05, 0.1) is 13.2 Å². The Labute approximate surface area is 159 Å². The molecule has 2 aromatic carbocycles. The molecular formula is C21H26N2O4. The second kappa shape index (κ2) is 10.2. The van der Waals surface area contributed by atoms with Crippen LogP contribution in [0.1, 0.15) is 35.7 Å². The number of benzene rings is 2. The number of para-hydroxylation sites is 2. The summed E-state index contributed by atoms with van der Waals surface area (Å²) in [6.45, 7) is 4.71. The van der Waals surface area contributed by atoms with Gasteiger partial charge in [0, 0.05) is 24.7 Å². The summed E-state index contributed by atoms with van der Waals surface area (Å²) in [6, 6.07) is 12.7. The molecule has 0 atom stereocenters. The van der Waals surface area contributed by atoms with Gasteiger partial charge in [-0.25, -0.2) is 0 Å². The molecule has 27 heavy (non-hydrogen) atoms. The van der Waals surface area contributed by atoms with Crippen LogP contribution in [0, 0.1) is 6.92 Å². The lowest BCUT2D eigenvalue weighted by atomic mass is 10.1. The summed E-state index contributed by atoms with van der Waals surface area (Å²) >= 11 is 0. The lowest BCUT2D eigenvalue weighted by molar-refractivity contribution is -0.116. The predicted octanol–water partition coefficient (Wildman–Crippen LogP) is 3.55. The topological polar surface area (TPSA) is 76.7 Å².